The van der Waals surface area contributed by atoms with E-state index in [2.05, 4.69) is 17.2 Å². The Morgan fingerprint density at radius 1 is 1.14 bits per heavy atom. The van der Waals surface area contributed by atoms with E-state index in [1.807, 2.05) is 38.1 Å². The summed E-state index contributed by atoms with van der Waals surface area (Å²) in [6.45, 7) is 12.2. The quantitative estimate of drug-likeness (QED) is 0.452. The van der Waals surface area contributed by atoms with E-state index in [4.69, 9.17) is 4.74 Å². The molecule has 2 aromatic rings. The molecule has 2 unspecified atom stereocenters. The molecular formula is C28H37N3O5. The number of nitrogens with one attached hydrogen (secondary N) is 2. The molecule has 2 rings (SSSR count). The molecule has 0 aliphatic carbocycles. The van der Waals surface area contributed by atoms with Gasteiger partial charge < -0.3 is 25.4 Å². The molecule has 8 heteroatoms. The number of ether oxygens (including phenoxy) is 1. The fourth-order valence-corrected chi connectivity index (χ4v) is 3.69. The predicted octanol–water partition coefficient (Wildman–Crippen LogP) is 4.44. The Morgan fingerprint density at radius 2 is 1.83 bits per heavy atom. The maximum atomic E-state index is 13.7. The highest BCUT2D eigenvalue weighted by Crippen LogP contribution is 2.26. The van der Waals surface area contributed by atoms with Crippen LogP contribution in [0.3, 0.4) is 0 Å². The van der Waals surface area contributed by atoms with E-state index in [-0.39, 0.29) is 6.54 Å². The van der Waals surface area contributed by atoms with Crippen LogP contribution in [-0.4, -0.2) is 52.7 Å². The van der Waals surface area contributed by atoms with Crippen LogP contribution >= 0.6 is 0 Å². The lowest BCUT2D eigenvalue weighted by atomic mass is 10.00. The molecular weight excluding hydrogens is 458 g/mol. The summed E-state index contributed by atoms with van der Waals surface area (Å²) in [5.74, 6) is -1.01. The van der Waals surface area contributed by atoms with Gasteiger partial charge in [0, 0.05) is 12.2 Å². The number of hydrogen-bond donors (Lipinski definition) is 3. The van der Waals surface area contributed by atoms with Crippen LogP contribution in [0.5, 0.6) is 0 Å². The zero-order valence-electron chi connectivity index (χ0n) is 21.7. The van der Waals surface area contributed by atoms with Crippen molar-refractivity contribution in [3.63, 3.8) is 0 Å². The average molecular weight is 496 g/mol. The number of nitrogens with zero attached hydrogens (tertiary/aromatic N) is 1. The van der Waals surface area contributed by atoms with Crippen LogP contribution in [0.2, 0.25) is 0 Å². The molecule has 3 amide bonds. The van der Waals surface area contributed by atoms with Gasteiger partial charge in [-0.2, -0.15) is 0 Å². The van der Waals surface area contributed by atoms with E-state index in [0.717, 1.165) is 11.1 Å². The van der Waals surface area contributed by atoms with Gasteiger partial charge in [0.25, 0.3) is 5.91 Å². The van der Waals surface area contributed by atoms with Crippen molar-refractivity contribution in [1.29, 1.82) is 0 Å². The lowest BCUT2D eigenvalue weighted by Crippen LogP contribution is -2.54. The van der Waals surface area contributed by atoms with Gasteiger partial charge in [0.05, 0.1) is 6.61 Å². The Labute approximate surface area is 213 Å². The zero-order valence-corrected chi connectivity index (χ0v) is 21.7. The number of benzene rings is 2. The van der Waals surface area contributed by atoms with E-state index < -0.39 is 42.2 Å². The Kier molecular flexibility index (Phi) is 10.2. The molecule has 2 aromatic carbocycles. The number of hydrogen-bond acceptors (Lipinski definition) is 5. The maximum Gasteiger partial charge on any atom is 0.408 e. The number of anilines is 1. The van der Waals surface area contributed by atoms with Crippen LogP contribution in [0.15, 0.2) is 55.1 Å². The van der Waals surface area contributed by atoms with Gasteiger partial charge in [0.2, 0.25) is 5.91 Å². The summed E-state index contributed by atoms with van der Waals surface area (Å²) in [6, 6.07) is 12.2. The van der Waals surface area contributed by atoms with Crippen molar-refractivity contribution in [2.24, 2.45) is 0 Å². The first kappa shape index (κ1) is 28.6. The average Bonchev–Trinajstić information content (AvgIpc) is 2.82. The number of carbonyl (C=O) groups is 3. The number of aryl methyl sites for hydroxylation is 1. The molecule has 194 valence electrons. The predicted molar refractivity (Wildman–Crippen MR) is 141 cm³/mol. The molecule has 8 nitrogen and oxygen atoms in total. The van der Waals surface area contributed by atoms with E-state index in [1.165, 1.54) is 4.90 Å². The Bertz CT molecular complexity index is 1080. The zero-order chi connectivity index (χ0) is 26.9. The van der Waals surface area contributed by atoms with Crippen molar-refractivity contribution in [1.82, 2.24) is 10.2 Å². The number of rotatable bonds is 10. The fraction of sp³-hybridized carbons (Fsp3) is 0.393. The minimum absolute atomic E-state index is 0.218. The Morgan fingerprint density at radius 3 is 2.42 bits per heavy atom. The Balaban J connectivity index is 2.48. The third-order valence-electron chi connectivity index (χ3n) is 5.34. The van der Waals surface area contributed by atoms with Gasteiger partial charge in [-0.05, 0) is 62.9 Å². The third-order valence-corrected chi connectivity index (χ3v) is 5.34. The van der Waals surface area contributed by atoms with Crippen molar-refractivity contribution in [3.8, 4) is 0 Å². The summed E-state index contributed by atoms with van der Waals surface area (Å²) < 4.78 is 5.25. The summed E-state index contributed by atoms with van der Waals surface area (Å²) in [4.78, 5) is 41.1. The first-order valence-electron chi connectivity index (χ1n) is 12.0. The molecule has 0 aliphatic rings. The van der Waals surface area contributed by atoms with Crippen LogP contribution < -0.4 is 10.6 Å². The van der Waals surface area contributed by atoms with Gasteiger partial charge in [-0.15, -0.1) is 0 Å². The molecule has 0 saturated heterocycles. The second kappa shape index (κ2) is 12.9. The normalized spacial score (nSPS) is 12.7. The van der Waals surface area contributed by atoms with Crippen LogP contribution in [0.1, 0.15) is 56.8 Å². The van der Waals surface area contributed by atoms with Gasteiger partial charge in [0.15, 0.2) is 0 Å². The Hall–Kier alpha value is -3.65. The van der Waals surface area contributed by atoms with E-state index >= 15 is 0 Å². The molecule has 3 N–H and O–H groups in total. The van der Waals surface area contributed by atoms with Gasteiger partial charge in [-0.3, -0.25) is 9.59 Å². The maximum absolute atomic E-state index is 13.7. The minimum Gasteiger partial charge on any atom is -0.444 e. The van der Waals surface area contributed by atoms with Crippen molar-refractivity contribution in [2.75, 3.05) is 18.5 Å². The summed E-state index contributed by atoms with van der Waals surface area (Å²) in [7, 11) is 0. The second-order valence-corrected chi connectivity index (χ2v) is 9.49. The number of para-hydroxylation sites is 1. The first-order valence-corrected chi connectivity index (χ1v) is 12.0. The van der Waals surface area contributed by atoms with E-state index in [1.54, 1.807) is 51.1 Å². The minimum atomic E-state index is -1.29. The highest BCUT2D eigenvalue weighted by molar-refractivity contribution is 5.99. The van der Waals surface area contributed by atoms with Gasteiger partial charge in [0.1, 0.15) is 17.7 Å². The number of aliphatic hydroxyl groups is 1. The fourth-order valence-electron chi connectivity index (χ4n) is 3.69. The molecule has 2 atom stereocenters. The molecule has 0 heterocycles. The molecule has 0 spiro atoms. The largest absolute Gasteiger partial charge is 0.444 e. The summed E-state index contributed by atoms with van der Waals surface area (Å²) in [5.41, 5.74) is 2.08. The highest BCUT2D eigenvalue weighted by Gasteiger charge is 2.36. The molecule has 0 aliphatic heterocycles. The molecule has 0 aromatic heterocycles. The van der Waals surface area contributed by atoms with Crippen molar-refractivity contribution >= 4 is 29.7 Å². The summed E-state index contributed by atoms with van der Waals surface area (Å²) >= 11 is 0. The van der Waals surface area contributed by atoms with Crippen LogP contribution in [0, 0.1) is 6.92 Å². The smallest absolute Gasteiger partial charge is 0.408 e. The molecule has 0 radical (unpaired) electrons. The van der Waals surface area contributed by atoms with Crippen molar-refractivity contribution in [3.05, 3.63) is 71.8 Å². The number of alkyl carbamates (subject to hydrolysis) is 1. The van der Waals surface area contributed by atoms with Crippen molar-refractivity contribution < 1.29 is 24.2 Å². The van der Waals surface area contributed by atoms with Crippen LogP contribution in [-0.2, 0) is 14.3 Å². The third kappa shape index (κ3) is 7.95. The number of carbonyl (C=O) groups excluding carboxylic acids is 3. The highest BCUT2D eigenvalue weighted by atomic mass is 16.6. The molecule has 36 heavy (non-hydrogen) atoms. The van der Waals surface area contributed by atoms with Gasteiger partial charge in [-0.1, -0.05) is 56.0 Å². The molecule has 0 bridgehead atoms. The van der Waals surface area contributed by atoms with E-state index in [0.29, 0.717) is 17.7 Å². The van der Waals surface area contributed by atoms with Crippen LogP contribution in [0.25, 0.3) is 6.08 Å². The topological polar surface area (TPSA) is 108 Å². The SMILES string of the molecule is C=Cc1cccc(C(C(=O)Nc2ccccc2C)N(CCC)C(=O)C(CO)NC(=O)OC(C)(C)C)c1. The summed E-state index contributed by atoms with van der Waals surface area (Å²) in [6.07, 6.45) is 1.37. The van der Waals surface area contributed by atoms with Gasteiger partial charge in [-0.25, -0.2) is 4.79 Å². The number of amides is 3. The lowest BCUT2D eigenvalue weighted by molar-refractivity contribution is -0.141. The molecule has 0 fully saturated rings. The van der Waals surface area contributed by atoms with Crippen LogP contribution in [0.4, 0.5) is 10.5 Å². The second-order valence-electron chi connectivity index (χ2n) is 9.49. The van der Waals surface area contributed by atoms with E-state index in [9.17, 15) is 19.5 Å². The lowest BCUT2D eigenvalue weighted by Gasteiger charge is -2.34. The first-order chi connectivity index (χ1) is 17.0. The van der Waals surface area contributed by atoms with Gasteiger partial charge >= 0.3 is 6.09 Å². The standard InChI is InChI=1S/C28H37N3O5/c1-7-16-31(26(34)23(18-32)30-27(35)36-28(4,5)6)24(21-14-11-13-20(8-2)17-21)25(33)29-22-15-10-9-12-19(22)3/h8-15,17,23-24,32H,2,7,16,18H2,1,3-6H3,(H,29,33)(H,30,35). The molecule has 0 saturated carbocycles. The summed E-state index contributed by atoms with van der Waals surface area (Å²) in [5, 5.41) is 15.3. The van der Waals surface area contributed by atoms with Crippen molar-refractivity contribution in [2.45, 2.75) is 58.7 Å². The monoisotopic (exact) mass is 495 g/mol. The number of aliphatic hydroxyl groups excluding tert-OH is 1.